The summed E-state index contributed by atoms with van der Waals surface area (Å²) in [6.45, 7) is 2.33. The number of hydrogen-bond donors (Lipinski definition) is 3. The number of thiophene rings is 1. The Balaban J connectivity index is 1.76. The number of rotatable bonds is 3. The lowest BCUT2D eigenvalue weighted by molar-refractivity contribution is 0.0943. The summed E-state index contributed by atoms with van der Waals surface area (Å²) in [6, 6.07) is 11.3. The van der Waals surface area contributed by atoms with Crippen molar-refractivity contribution in [1.82, 2.24) is 10.6 Å². The summed E-state index contributed by atoms with van der Waals surface area (Å²) in [5.74, 6) is -0.310. The second-order valence-electron chi connectivity index (χ2n) is 4.82. The summed E-state index contributed by atoms with van der Waals surface area (Å²) >= 11 is 1.30. The number of amides is 2. The van der Waals surface area contributed by atoms with E-state index >= 15 is 0 Å². The summed E-state index contributed by atoms with van der Waals surface area (Å²) in [5.41, 5.74) is 1.58. The third-order valence-corrected chi connectivity index (χ3v) is 4.44. The van der Waals surface area contributed by atoms with Gasteiger partial charge in [0.2, 0.25) is 0 Å². The van der Waals surface area contributed by atoms with Gasteiger partial charge < -0.3 is 16.0 Å². The third-order valence-electron chi connectivity index (χ3n) is 3.35. The quantitative estimate of drug-likeness (QED) is 0.815. The Morgan fingerprint density at radius 2 is 2.05 bits per heavy atom. The topological polar surface area (TPSA) is 70.2 Å². The van der Waals surface area contributed by atoms with Crippen LogP contribution >= 0.6 is 11.3 Å². The van der Waals surface area contributed by atoms with Crippen molar-refractivity contribution in [3.05, 3.63) is 52.4 Å². The number of carbonyl (C=O) groups is 2. The van der Waals surface area contributed by atoms with Gasteiger partial charge >= 0.3 is 0 Å². The van der Waals surface area contributed by atoms with E-state index in [1.165, 1.54) is 11.3 Å². The highest BCUT2D eigenvalue weighted by Crippen LogP contribution is 2.30. The van der Waals surface area contributed by atoms with Crippen LogP contribution in [0.4, 0.5) is 5.00 Å². The zero-order chi connectivity index (χ0) is 14.8. The molecular weight excluding hydrogens is 286 g/mol. The Labute approximate surface area is 126 Å². The van der Waals surface area contributed by atoms with Crippen LogP contribution in [0.3, 0.4) is 0 Å². The first kappa shape index (κ1) is 13.6. The van der Waals surface area contributed by atoms with Gasteiger partial charge in [0.15, 0.2) is 0 Å². The van der Waals surface area contributed by atoms with E-state index in [2.05, 4.69) is 16.0 Å². The molecule has 5 nitrogen and oxygen atoms in total. The molecule has 1 aromatic carbocycles. The Morgan fingerprint density at radius 3 is 2.76 bits per heavy atom. The van der Waals surface area contributed by atoms with E-state index < -0.39 is 0 Å². The lowest BCUT2D eigenvalue weighted by Crippen LogP contribution is -2.33. The average molecular weight is 301 g/mol. The molecule has 21 heavy (non-hydrogen) atoms. The lowest BCUT2D eigenvalue weighted by Gasteiger charge is -2.13. The number of fused-ring (bicyclic) bond motifs is 1. The van der Waals surface area contributed by atoms with E-state index in [0.717, 1.165) is 10.6 Å². The highest BCUT2D eigenvalue weighted by Gasteiger charge is 2.23. The standard InChI is InChI=1S/C15H15N3O2S/c1-9(10-5-3-2-4-6-10)18-14(20)12-7-11-13(19)16-8-17-15(11)21-12/h2-7,9,17H,8H2,1H3,(H,16,19)(H,18,20). The van der Waals surface area contributed by atoms with Gasteiger partial charge in [-0.05, 0) is 18.6 Å². The zero-order valence-corrected chi connectivity index (χ0v) is 12.3. The van der Waals surface area contributed by atoms with E-state index in [4.69, 9.17) is 0 Å². The van der Waals surface area contributed by atoms with Crippen molar-refractivity contribution in [2.75, 3.05) is 12.0 Å². The molecule has 1 atom stereocenters. The third kappa shape index (κ3) is 2.75. The van der Waals surface area contributed by atoms with Gasteiger partial charge in [-0.15, -0.1) is 11.3 Å². The summed E-state index contributed by atoms with van der Waals surface area (Å²) in [4.78, 5) is 24.5. The fourth-order valence-electron chi connectivity index (χ4n) is 2.20. The molecule has 3 N–H and O–H groups in total. The fraction of sp³-hybridized carbons (Fsp3) is 0.200. The molecule has 0 aliphatic carbocycles. The van der Waals surface area contributed by atoms with Gasteiger partial charge in [0.25, 0.3) is 11.8 Å². The van der Waals surface area contributed by atoms with Crippen molar-refractivity contribution in [3.63, 3.8) is 0 Å². The highest BCUT2D eigenvalue weighted by atomic mass is 32.1. The lowest BCUT2D eigenvalue weighted by atomic mass is 10.1. The van der Waals surface area contributed by atoms with Gasteiger partial charge in [0, 0.05) is 0 Å². The molecule has 1 aliphatic rings. The maximum atomic E-state index is 12.3. The Kier molecular flexibility index (Phi) is 3.62. The minimum absolute atomic E-state index is 0.0837. The molecule has 2 heterocycles. The smallest absolute Gasteiger partial charge is 0.261 e. The van der Waals surface area contributed by atoms with Gasteiger partial charge in [-0.2, -0.15) is 0 Å². The predicted molar refractivity (Wildman–Crippen MR) is 82.6 cm³/mol. The minimum Gasteiger partial charge on any atom is -0.359 e. The monoisotopic (exact) mass is 301 g/mol. The maximum absolute atomic E-state index is 12.3. The highest BCUT2D eigenvalue weighted by molar-refractivity contribution is 7.18. The first-order valence-electron chi connectivity index (χ1n) is 6.67. The van der Waals surface area contributed by atoms with Crippen molar-refractivity contribution in [3.8, 4) is 0 Å². The molecule has 0 saturated carbocycles. The van der Waals surface area contributed by atoms with Gasteiger partial charge in [-0.1, -0.05) is 30.3 Å². The largest absolute Gasteiger partial charge is 0.359 e. The van der Waals surface area contributed by atoms with Gasteiger partial charge in [-0.3, -0.25) is 9.59 Å². The van der Waals surface area contributed by atoms with Crippen molar-refractivity contribution >= 4 is 28.2 Å². The molecule has 6 heteroatoms. The molecule has 0 bridgehead atoms. The first-order chi connectivity index (χ1) is 10.1. The second-order valence-corrected chi connectivity index (χ2v) is 5.87. The van der Waals surface area contributed by atoms with Crippen LogP contribution in [-0.2, 0) is 0 Å². The number of anilines is 1. The summed E-state index contributed by atoms with van der Waals surface area (Å²) in [7, 11) is 0. The average Bonchev–Trinajstić information content (AvgIpc) is 2.94. The van der Waals surface area contributed by atoms with Crippen molar-refractivity contribution < 1.29 is 9.59 Å². The van der Waals surface area contributed by atoms with E-state index in [1.54, 1.807) is 6.07 Å². The van der Waals surface area contributed by atoms with Crippen LogP contribution in [0.2, 0.25) is 0 Å². The number of benzene rings is 1. The number of carbonyl (C=O) groups excluding carboxylic acids is 2. The number of nitrogens with one attached hydrogen (secondary N) is 3. The summed E-state index contributed by atoms with van der Waals surface area (Å²) < 4.78 is 0. The zero-order valence-electron chi connectivity index (χ0n) is 11.5. The first-order valence-corrected chi connectivity index (χ1v) is 7.48. The number of hydrogen-bond acceptors (Lipinski definition) is 4. The summed E-state index contributed by atoms with van der Waals surface area (Å²) in [6.07, 6.45) is 0. The van der Waals surface area contributed by atoms with Crippen LogP contribution in [0.25, 0.3) is 0 Å². The second kappa shape index (κ2) is 5.57. The minimum atomic E-state index is -0.166. The van der Waals surface area contributed by atoms with Gasteiger partial charge in [0.05, 0.1) is 23.2 Å². The fourth-order valence-corrected chi connectivity index (χ4v) is 3.15. The molecular formula is C15H15N3O2S. The molecule has 2 aromatic rings. The van der Waals surface area contributed by atoms with Crippen LogP contribution in [0, 0.1) is 0 Å². The van der Waals surface area contributed by atoms with Crippen LogP contribution < -0.4 is 16.0 Å². The molecule has 1 aliphatic heterocycles. The molecule has 0 saturated heterocycles. The van der Waals surface area contributed by atoms with Gasteiger partial charge in [0.1, 0.15) is 5.00 Å². The molecule has 3 rings (SSSR count). The van der Waals surface area contributed by atoms with Gasteiger partial charge in [-0.25, -0.2) is 0 Å². The van der Waals surface area contributed by atoms with Crippen LogP contribution in [0.15, 0.2) is 36.4 Å². The Bertz CT molecular complexity index is 681. The van der Waals surface area contributed by atoms with Crippen molar-refractivity contribution in [1.29, 1.82) is 0 Å². The Hall–Kier alpha value is -2.34. The van der Waals surface area contributed by atoms with Crippen molar-refractivity contribution in [2.24, 2.45) is 0 Å². The van der Waals surface area contributed by atoms with Crippen molar-refractivity contribution in [2.45, 2.75) is 13.0 Å². The molecule has 0 spiro atoms. The molecule has 108 valence electrons. The molecule has 0 radical (unpaired) electrons. The molecule has 1 unspecified atom stereocenters. The van der Waals surface area contributed by atoms with E-state index in [9.17, 15) is 9.59 Å². The normalized spacial score (nSPS) is 14.6. The molecule has 2 amide bonds. The van der Waals surface area contributed by atoms with Crippen LogP contribution in [0.1, 0.15) is 38.6 Å². The van der Waals surface area contributed by atoms with E-state index in [-0.39, 0.29) is 17.9 Å². The van der Waals surface area contributed by atoms with Crippen LogP contribution in [-0.4, -0.2) is 18.5 Å². The SMILES string of the molecule is CC(NC(=O)c1cc2c(s1)NCNC2=O)c1ccccc1. The Morgan fingerprint density at radius 1 is 1.29 bits per heavy atom. The predicted octanol–water partition coefficient (Wildman–Crippen LogP) is 2.35. The van der Waals surface area contributed by atoms with Crippen LogP contribution in [0.5, 0.6) is 0 Å². The molecule has 0 fully saturated rings. The maximum Gasteiger partial charge on any atom is 0.261 e. The van der Waals surface area contributed by atoms with E-state index in [1.807, 2.05) is 37.3 Å². The molecule has 1 aromatic heterocycles. The van der Waals surface area contributed by atoms with E-state index in [0.29, 0.717) is 17.1 Å². The summed E-state index contributed by atoms with van der Waals surface area (Å²) in [5, 5.41) is 9.44.